The molecule has 1 N–H and O–H groups in total. The first-order chi connectivity index (χ1) is 7.70. The molecule has 0 spiro atoms. The molecule has 1 heterocycles. The van der Waals surface area contributed by atoms with E-state index in [0.29, 0.717) is 5.56 Å². The van der Waals surface area contributed by atoms with Crippen molar-refractivity contribution in [2.45, 2.75) is 13.3 Å². The number of nitrogens with zero attached hydrogens (tertiary/aromatic N) is 1. The molecule has 0 aliphatic rings. The molecule has 0 aliphatic carbocycles. The smallest absolute Gasteiger partial charge is 0.303 e. The zero-order chi connectivity index (χ0) is 11.5. The molecule has 0 amide bonds. The minimum Gasteiger partial charge on any atom is -0.303 e. The van der Waals surface area contributed by atoms with E-state index in [0.717, 1.165) is 12.6 Å². The van der Waals surface area contributed by atoms with Crippen molar-refractivity contribution in [1.82, 2.24) is 9.97 Å². The van der Waals surface area contributed by atoms with Crippen molar-refractivity contribution in [1.29, 1.82) is 0 Å². The van der Waals surface area contributed by atoms with Crippen LogP contribution >= 0.6 is 0 Å². The summed E-state index contributed by atoms with van der Waals surface area (Å²) < 4.78 is 13.4. The van der Waals surface area contributed by atoms with E-state index in [1.807, 2.05) is 19.1 Å². The van der Waals surface area contributed by atoms with Crippen molar-refractivity contribution in [3.05, 3.63) is 52.3 Å². The third-order valence-electron chi connectivity index (χ3n) is 2.42. The molecule has 0 saturated carbocycles. The Morgan fingerprint density at radius 1 is 1.31 bits per heavy atom. The molecule has 0 fully saturated rings. The Morgan fingerprint density at radius 3 is 2.62 bits per heavy atom. The second kappa shape index (κ2) is 4.26. The first-order valence-corrected chi connectivity index (χ1v) is 5.05. The molecule has 0 radical (unpaired) electrons. The van der Waals surface area contributed by atoms with Crippen LogP contribution in [0.15, 0.2) is 35.3 Å². The minimum atomic E-state index is -0.545. The van der Waals surface area contributed by atoms with Gasteiger partial charge >= 0.3 is 5.69 Å². The Kier molecular flexibility index (Phi) is 2.81. The molecule has 82 valence electrons. The van der Waals surface area contributed by atoms with E-state index in [2.05, 4.69) is 9.97 Å². The highest BCUT2D eigenvalue weighted by Gasteiger charge is 2.06. The molecule has 2 rings (SSSR count). The van der Waals surface area contributed by atoms with Gasteiger partial charge in [0.05, 0.1) is 11.9 Å². The number of aromatic amines is 1. The third kappa shape index (κ3) is 2.00. The van der Waals surface area contributed by atoms with Crippen LogP contribution in [0.25, 0.3) is 11.3 Å². The first-order valence-electron chi connectivity index (χ1n) is 5.05. The Hall–Kier alpha value is -1.97. The Bertz CT molecular complexity index is 546. The number of aryl methyl sites for hydroxylation is 1. The van der Waals surface area contributed by atoms with Crippen molar-refractivity contribution >= 4 is 0 Å². The molecule has 0 unspecified atom stereocenters. The summed E-state index contributed by atoms with van der Waals surface area (Å²) in [6, 6.07) is 7.39. The summed E-state index contributed by atoms with van der Waals surface area (Å²) in [5.74, 6) is -0.524. The van der Waals surface area contributed by atoms with Crippen LogP contribution in [0.2, 0.25) is 0 Å². The highest BCUT2D eigenvalue weighted by Crippen LogP contribution is 2.18. The number of nitrogens with one attached hydrogen (secondary N) is 1. The summed E-state index contributed by atoms with van der Waals surface area (Å²) in [6.45, 7) is 2.05. The lowest BCUT2D eigenvalue weighted by Crippen LogP contribution is -2.11. The van der Waals surface area contributed by atoms with Crippen molar-refractivity contribution in [2.75, 3.05) is 0 Å². The van der Waals surface area contributed by atoms with Crippen molar-refractivity contribution in [3.63, 3.8) is 0 Å². The quantitative estimate of drug-likeness (QED) is 0.839. The lowest BCUT2D eigenvalue weighted by Gasteiger charge is -2.03. The zero-order valence-electron chi connectivity index (χ0n) is 8.83. The molecule has 2 aromatic rings. The van der Waals surface area contributed by atoms with Crippen LogP contribution in [0.1, 0.15) is 12.5 Å². The molecule has 0 saturated heterocycles. The van der Waals surface area contributed by atoms with Gasteiger partial charge in [-0.2, -0.15) is 4.98 Å². The summed E-state index contributed by atoms with van der Waals surface area (Å²) in [6.07, 6.45) is 1.86. The molecule has 1 aromatic heterocycles. The highest BCUT2D eigenvalue weighted by atomic mass is 19.1. The summed E-state index contributed by atoms with van der Waals surface area (Å²) in [5, 5.41) is 0. The molecule has 4 heteroatoms. The fourth-order valence-corrected chi connectivity index (χ4v) is 1.50. The number of aromatic nitrogens is 2. The predicted octanol–water partition coefficient (Wildman–Crippen LogP) is 2.14. The van der Waals surface area contributed by atoms with Crippen molar-refractivity contribution in [3.8, 4) is 11.3 Å². The number of hydrogen-bond acceptors (Lipinski definition) is 2. The SMILES string of the molecule is CCc1ccc(-c2[nH]c(=O)ncc2F)cc1. The molecule has 3 nitrogen and oxygen atoms in total. The van der Waals surface area contributed by atoms with Gasteiger partial charge in [-0.15, -0.1) is 0 Å². The number of halogens is 1. The average molecular weight is 218 g/mol. The van der Waals surface area contributed by atoms with Crippen LogP contribution in [-0.2, 0) is 6.42 Å². The van der Waals surface area contributed by atoms with Crippen LogP contribution in [-0.4, -0.2) is 9.97 Å². The molecular weight excluding hydrogens is 207 g/mol. The maximum atomic E-state index is 13.4. The molecule has 0 atom stereocenters. The van der Waals surface area contributed by atoms with Crippen molar-refractivity contribution in [2.24, 2.45) is 0 Å². The monoisotopic (exact) mass is 218 g/mol. The third-order valence-corrected chi connectivity index (χ3v) is 2.42. The van der Waals surface area contributed by atoms with Gasteiger partial charge < -0.3 is 4.98 Å². The summed E-state index contributed by atoms with van der Waals surface area (Å²) in [5.41, 5.74) is 1.45. The van der Waals surface area contributed by atoms with E-state index >= 15 is 0 Å². The highest BCUT2D eigenvalue weighted by molar-refractivity contribution is 5.59. The van der Waals surface area contributed by atoms with Crippen LogP contribution in [0.4, 0.5) is 4.39 Å². The van der Waals surface area contributed by atoms with Crippen LogP contribution in [0, 0.1) is 5.82 Å². The van der Waals surface area contributed by atoms with Gasteiger partial charge in [-0.05, 0) is 12.0 Å². The van der Waals surface area contributed by atoms with Crippen molar-refractivity contribution < 1.29 is 4.39 Å². The van der Waals surface area contributed by atoms with Crippen LogP contribution in [0.3, 0.4) is 0 Å². The minimum absolute atomic E-state index is 0.183. The summed E-state index contributed by atoms with van der Waals surface area (Å²) in [7, 11) is 0. The number of H-pyrrole nitrogens is 1. The van der Waals surface area contributed by atoms with Gasteiger partial charge in [-0.25, -0.2) is 9.18 Å². The van der Waals surface area contributed by atoms with Crippen LogP contribution < -0.4 is 5.69 Å². The van der Waals surface area contributed by atoms with Gasteiger partial charge in [0.15, 0.2) is 5.82 Å². The van der Waals surface area contributed by atoms with Gasteiger partial charge in [-0.1, -0.05) is 31.2 Å². The normalized spacial score (nSPS) is 10.4. The Morgan fingerprint density at radius 2 is 2.00 bits per heavy atom. The van der Waals surface area contributed by atoms with E-state index in [1.165, 1.54) is 5.56 Å². The van der Waals surface area contributed by atoms with E-state index in [1.54, 1.807) is 12.1 Å². The molecular formula is C12H11FN2O. The number of hydrogen-bond donors (Lipinski definition) is 1. The molecule has 1 aromatic carbocycles. The Balaban J connectivity index is 2.50. The Labute approximate surface area is 92.0 Å². The lowest BCUT2D eigenvalue weighted by atomic mass is 10.1. The van der Waals surface area contributed by atoms with E-state index in [4.69, 9.17) is 0 Å². The second-order valence-corrected chi connectivity index (χ2v) is 3.46. The fourth-order valence-electron chi connectivity index (χ4n) is 1.50. The first kappa shape index (κ1) is 10.5. The molecule has 0 bridgehead atoms. The summed E-state index contributed by atoms with van der Waals surface area (Å²) >= 11 is 0. The molecule has 0 aliphatic heterocycles. The maximum Gasteiger partial charge on any atom is 0.345 e. The standard InChI is InChI=1S/C12H11FN2O/c1-2-8-3-5-9(6-4-8)11-10(13)7-14-12(16)15-11/h3-7H,2H2,1H3,(H,14,15,16). The number of rotatable bonds is 2. The average Bonchev–Trinajstić information content (AvgIpc) is 2.32. The van der Waals surface area contributed by atoms with Gasteiger partial charge in [0.1, 0.15) is 0 Å². The van der Waals surface area contributed by atoms with E-state index in [9.17, 15) is 9.18 Å². The largest absolute Gasteiger partial charge is 0.345 e. The fraction of sp³-hybridized carbons (Fsp3) is 0.167. The predicted molar refractivity (Wildman–Crippen MR) is 59.6 cm³/mol. The molecule has 16 heavy (non-hydrogen) atoms. The van der Waals surface area contributed by atoms with E-state index in [-0.39, 0.29) is 5.69 Å². The summed E-state index contributed by atoms with van der Waals surface area (Å²) in [4.78, 5) is 16.7. The van der Waals surface area contributed by atoms with Gasteiger partial charge in [0.25, 0.3) is 0 Å². The second-order valence-electron chi connectivity index (χ2n) is 3.46. The van der Waals surface area contributed by atoms with Crippen LogP contribution in [0.5, 0.6) is 0 Å². The zero-order valence-corrected chi connectivity index (χ0v) is 8.83. The van der Waals surface area contributed by atoms with Gasteiger partial charge in [0, 0.05) is 5.56 Å². The van der Waals surface area contributed by atoms with Gasteiger partial charge in [0.2, 0.25) is 0 Å². The number of benzene rings is 1. The van der Waals surface area contributed by atoms with E-state index < -0.39 is 11.5 Å². The topological polar surface area (TPSA) is 45.8 Å². The maximum absolute atomic E-state index is 13.4. The van der Waals surface area contributed by atoms with Gasteiger partial charge in [-0.3, -0.25) is 0 Å². The lowest BCUT2D eigenvalue weighted by molar-refractivity contribution is 0.615.